The molecule has 1 aliphatic rings. The van der Waals surface area contributed by atoms with Crippen molar-refractivity contribution in [3.05, 3.63) is 59.2 Å². The van der Waals surface area contributed by atoms with Crippen molar-refractivity contribution in [1.82, 2.24) is 14.9 Å². The number of aromatic nitrogens is 2. The number of aromatic amines is 1. The summed E-state index contributed by atoms with van der Waals surface area (Å²) in [6, 6.07) is 9.52. The third kappa shape index (κ3) is 4.18. The number of nitrogens with zero attached hydrogens (tertiary/aromatic N) is 2. The van der Waals surface area contributed by atoms with Gasteiger partial charge in [0.15, 0.2) is 0 Å². The number of H-pyrrole nitrogens is 1. The molecule has 1 aliphatic heterocycles. The van der Waals surface area contributed by atoms with Crippen LogP contribution in [0.25, 0.3) is 11.0 Å². The first-order valence-corrected chi connectivity index (χ1v) is 9.83. The molecule has 1 aromatic heterocycles. The molecule has 0 saturated carbocycles. The quantitative estimate of drug-likeness (QED) is 0.675. The lowest BCUT2D eigenvalue weighted by Crippen LogP contribution is -2.28. The van der Waals surface area contributed by atoms with Gasteiger partial charge in [-0.1, -0.05) is 6.07 Å². The van der Waals surface area contributed by atoms with E-state index in [1.165, 1.54) is 17.0 Å². The molecule has 1 saturated heterocycles. The molecule has 1 fully saturated rings. The van der Waals surface area contributed by atoms with E-state index >= 15 is 0 Å². The fourth-order valence-corrected chi connectivity index (χ4v) is 3.51. The summed E-state index contributed by atoms with van der Waals surface area (Å²) in [4.78, 5) is 34.2. The van der Waals surface area contributed by atoms with Crippen molar-refractivity contribution in [3.8, 4) is 0 Å². The molecule has 3 aromatic rings. The first-order valence-electron chi connectivity index (χ1n) is 9.83. The van der Waals surface area contributed by atoms with Crippen LogP contribution in [0.3, 0.4) is 0 Å². The molecule has 8 heteroatoms. The minimum absolute atomic E-state index is 0.192. The number of ether oxygens (including phenoxy) is 1. The first-order chi connectivity index (χ1) is 14.4. The predicted molar refractivity (Wildman–Crippen MR) is 111 cm³/mol. The van der Waals surface area contributed by atoms with Gasteiger partial charge in [0, 0.05) is 24.9 Å². The summed E-state index contributed by atoms with van der Waals surface area (Å²) < 4.78 is 18.8. The van der Waals surface area contributed by atoms with Gasteiger partial charge in [-0.25, -0.2) is 9.37 Å². The molecule has 0 radical (unpaired) electrons. The SMILES string of the molecule is Cc1ccc(C(=O)N(C)Cc2nc3ccc(F)cc3[nH]2)cc1NC(=O)C1CCCO1. The highest BCUT2D eigenvalue weighted by Gasteiger charge is 2.24. The van der Waals surface area contributed by atoms with Gasteiger partial charge in [0.25, 0.3) is 11.8 Å². The van der Waals surface area contributed by atoms with Gasteiger partial charge in [-0.15, -0.1) is 0 Å². The zero-order chi connectivity index (χ0) is 21.3. The highest BCUT2D eigenvalue weighted by atomic mass is 19.1. The van der Waals surface area contributed by atoms with Crippen molar-refractivity contribution in [1.29, 1.82) is 0 Å². The number of imidazole rings is 1. The molecule has 1 atom stereocenters. The Labute approximate surface area is 173 Å². The number of hydrogen-bond acceptors (Lipinski definition) is 4. The zero-order valence-corrected chi connectivity index (χ0v) is 16.9. The number of benzene rings is 2. The van der Waals surface area contributed by atoms with Crippen LogP contribution in [-0.2, 0) is 16.1 Å². The standard InChI is InChI=1S/C22H23FN4O3/c1-13-5-6-14(10-17(13)26-21(28)19-4-3-9-30-19)22(29)27(2)12-20-24-16-8-7-15(23)11-18(16)25-20/h5-8,10-11,19H,3-4,9,12H2,1-2H3,(H,24,25)(H,26,28). The van der Waals surface area contributed by atoms with E-state index in [2.05, 4.69) is 15.3 Å². The lowest BCUT2D eigenvalue weighted by atomic mass is 10.1. The van der Waals surface area contributed by atoms with E-state index in [4.69, 9.17) is 4.74 Å². The molecule has 2 amide bonds. The molecule has 1 unspecified atom stereocenters. The van der Waals surface area contributed by atoms with Crippen molar-refractivity contribution in [2.75, 3.05) is 19.0 Å². The number of fused-ring (bicyclic) bond motifs is 1. The number of aryl methyl sites for hydroxylation is 1. The molecule has 0 bridgehead atoms. The van der Waals surface area contributed by atoms with Crippen LogP contribution < -0.4 is 5.32 Å². The number of nitrogens with one attached hydrogen (secondary N) is 2. The lowest BCUT2D eigenvalue weighted by molar-refractivity contribution is -0.124. The molecule has 2 N–H and O–H groups in total. The smallest absolute Gasteiger partial charge is 0.254 e. The average Bonchev–Trinajstić information content (AvgIpc) is 3.38. The highest BCUT2D eigenvalue weighted by Crippen LogP contribution is 2.21. The summed E-state index contributed by atoms with van der Waals surface area (Å²) in [6.45, 7) is 2.70. The van der Waals surface area contributed by atoms with Crippen molar-refractivity contribution in [3.63, 3.8) is 0 Å². The van der Waals surface area contributed by atoms with Gasteiger partial charge in [0.1, 0.15) is 17.7 Å². The number of halogens is 1. The number of carbonyl (C=O) groups is 2. The van der Waals surface area contributed by atoms with Gasteiger partial charge in [0.05, 0.1) is 17.6 Å². The number of amides is 2. The Balaban J connectivity index is 1.48. The molecule has 156 valence electrons. The molecule has 30 heavy (non-hydrogen) atoms. The van der Waals surface area contributed by atoms with E-state index in [0.29, 0.717) is 41.1 Å². The Morgan fingerprint density at radius 3 is 2.90 bits per heavy atom. The van der Waals surface area contributed by atoms with Gasteiger partial charge >= 0.3 is 0 Å². The highest BCUT2D eigenvalue weighted by molar-refractivity contribution is 5.99. The molecule has 0 aliphatic carbocycles. The van der Waals surface area contributed by atoms with Crippen LogP contribution >= 0.6 is 0 Å². The minimum Gasteiger partial charge on any atom is -0.368 e. The van der Waals surface area contributed by atoms with Crippen molar-refractivity contribution in [2.45, 2.75) is 32.4 Å². The first kappa shape index (κ1) is 20.0. The van der Waals surface area contributed by atoms with E-state index in [1.54, 1.807) is 31.3 Å². The summed E-state index contributed by atoms with van der Waals surface area (Å²) >= 11 is 0. The Morgan fingerprint density at radius 1 is 1.30 bits per heavy atom. The van der Waals surface area contributed by atoms with Crippen LogP contribution in [0.4, 0.5) is 10.1 Å². The fraction of sp³-hybridized carbons (Fsp3) is 0.318. The van der Waals surface area contributed by atoms with Crippen LogP contribution in [0.5, 0.6) is 0 Å². The largest absolute Gasteiger partial charge is 0.368 e. The molecule has 2 aromatic carbocycles. The van der Waals surface area contributed by atoms with E-state index in [-0.39, 0.29) is 24.2 Å². The van der Waals surface area contributed by atoms with E-state index in [0.717, 1.165) is 12.0 Å². The summed E-state index contributed by atoms with van der Waals surface area (Å²) in [7, 11) is 1.67. The lowest BCUT2D eigenvalue weighted by Gasteiger charge is -2.18. The number of carbonyl (C=O) groups excluding carboxylic acids is 2. The van der Waals surface area contributed by atoms with Crippen LogP contribution in [0.15, 0.2) is 36.4 Å². The zero-order valence-electron chi connectivity index (χ0n) is 16.9. The topological polar surface area (TPSA) is 87.3 Å². The van der Waals surface area contributed by atoms with Crippen molar-refractivity contribution in [2.24, 2.45) is 0 Å². The normalized spacial score (nSPS) is 16.0. The summed E-state index contributed by atoms with van der Waals surface area (Å²) in [6.07, 6.45) is 1.13. The van der Waals surface area contributed by atoms with Crippen molar-refractivity contribution >= 4 is 28.5 Å². The molecular formula is C22H23FN4O3. The van der Waals surface area contributed by atoms with Gasteiger partial charge in [-0.3, -0.25) is 9.59 Å². The second kappa shape index (κ2) is 8.23. The molecule has 4 rings (SSSR count). The summed E-state index contributed by atoms with van der Waals surface area (Å²) in [5.74, 6) is -0.192. The third-order valence-corrected chi connectivity index (χ3v) is 5.19. The van der Waals surface area contributed by atoms with Gasteiger partial charge in [-0.2, -0.15) is 0 Å². The minimum atomic E-state index is -0.440. The summed E-state index contributed by atoms with van der Waals surface area (Å²) in [5, 5.41) is 2.87. The third-order valence-electron chi connectivity index (χ3n) is 5.19. The monoisotopic (exact) mass is 410 g/mol. The summed E-state index contributed by atoms with van der Waals surface area (Å²) in [5.41, 5.74) is 3.13. The Hall–Kier alpha value is -3.26. The molecule has 2 heterocycles. The van der Waals surface area contributed by atoms with Gasteiger partial charge in [0.2, 0.25) is 0 Å². The number of rotatable bonds is 5. The molecule has 0 spiro atoms. The van der Waals surface area contributed by atoms with E-state index in [1.807, 2.05) is 6.92 Å². The van der Waals surface area contributed by atoms with Gasteiger partial charge < -0.3 is 19.9 Å². The Bertz CT molecular complexity index is 1100. The Kier molecular flexibility index (Phi) is 5.50. The predicted octanol–water partition coefficient (Wildman–Crippen LogP) is 3.40. The second-order valence-corrected chi connectivity index (χ2v) is 7.53. The molecule has 7 nitrogen and oxygen atoms in total. The maximum atomic E-state index is 13.4. The van der Waals surface area contributed by atoms with Gasteiger partial charge in [-0.05, 0) is 55.7 Å². The van der Waals surface area contributed by atoms with E-state index < -0.39 is 6.10 Å². The van der Waals surface area contributed by atoms with Crippen LogP contribution in [0.1, 0.15) is 34.6 Å². The Morgan fingerprint density at radius 2 is 2.13 bits per heavy atom. The van der Waals surface area contributed by atoms with Crippen LogP contribution in [-0.4, -0.2) is 46.4 Å². The fourth-order valence-electron chi connectivity index (χ4n) is 3.51. The number of anilines is 1. The van der Waals surface area contributed by atoms with Crippen molar-refractivity contribution < 1.29 is 18.7 Å². The van der Waals surface area contributed by atoms with Crippen LogP contribution in [0.2, 0.25) is 0 Å². The average molecular weight is 410 g/mol. The molecular weight excluding hydrogens is 387 g/mol. The van der Waals surface area contributed by atoms with E-state index in [9.17, 15) is 14.0 Å². The second-order valence-electron chi connectivity index (χ2n) is 7.53. The maximum absolute atomic E-state index is 13.4. The number of hydrogen-bond donors (Lipinski definition) is 2. The van der Waals surface area contributed by atoms with Crippen LogP contribution in [0, 0.1) is 12.7 Å². The maximum Gasteiger partial charge on any atom is 0.254 e.